The summed E-state index contributed by atoms with van der Waals surface area (Å²) in [5.74, 6) is -0.570. The molecule has 3 aromatic rings. The number of benzene rings is 3. The zero-order chi connectivity index (χ0) is 26.3. The van der Waals surface area contributed by atoms with Crippen LogP contribution in [0.25, 0.3) is 0 Å². The maximum atomic E-state index is 14.6. The molecule has 0 bridgehead atoms. The SMILES string of the molecule is Cc1ccc(OCC(=O)N(Cc2ccccc2F)[C@@H](Cc2ccccc2)C(=O)NC(C)(C)C)cc1C. The standard InChI is InChI=1S/C30H35FN2O3/c1-21-15-16-25(17-22(21)2)36-20-28(34)33(19-24-13-9-10-14-26(24)31)27(29(35)32-30(3,4)5)18-23-11-7-6-8-12-23/h6-17,27H,18-20H2,1-5H3,(H,32,35)/t27-/m0/s1. The molecule has 36 heavy (non-hydrogen) atoms. The van der Waals surface area contributed by atoms with Gasteiger partial charge < -0.3 is 15.0 Å². The van der Waals surface area contributed by atoms with Crippen molar-refractivity contribution in [2.24, 2.45) is 0 Å². The van der Waals surface area contributed by atoms with Crippen molar-refractivity contribution in [1.29, 1.82) is 0 Å². The first-order chi connectivity index (χ1) is 17.0. The zero-order valence-corrected chi connectivity index (χ0v) is 21.7. The highest BCUT2D eigenvalue weighted by atomic mass is 19.1. The summed E-state index contributed by atoms with van der Waals surface area (Å²) in [6.07, 6.45) is 0.284. The number of halogens is 1. The first kappa shape index (κ1) is 26.9. The summed E-state index contributed by atoms with van der Waals surface area (Å²) in [4.78, 5) is 28.5. The number of ether oxygens (including phenoxy) is 1. The fourth-order valence-corrected chi connectivity index (χ4v) is 3.85. The molecule has 0 saturated heterocycles. The number of nitrogens with zero attached hydrogens (tertiary/aromatic N) is 1. The molecule has 0 aliphatic rings. The lowest BCUT2D eigenvalue weighted by Crippen LogP contribution is -2.55. The van der Waals surface area contributed by atoms with Crippen molar-refractivity contribution in [3.05, 3.63) is 101 Å². The van der Waals surface area contributed by atoms with Gasteiger partial charge in [-0.1, -0.05) is 54.6 Å². The van der Waals surface area contributed by atoms with E-state index in [0.717, 1.165) is 16.7 Å². The zero-order valence-electron chi connectivity index (χ0n) is 21.7. The van der Waals surface area contributed by atoms with Crippen LogP contribution in [0.4, 0.5) is 4.39 Å². The van der Waals surface area contributed by atoms with Crippen molar-refractivity contribution in [1.82, 2.24) is 10.2 Å². The van der Waals surface area contributed by atoms with Gasteiger partial charge in [0, 0.05) is 24.1 Å². The molecule has 0 aromatic heterocycles. The largest absolute Gasteiger partial charge is 0.484 e. The predicted molar refractivity (Wildman–Crippen MR) is 140 cm³/mol. The number of amides is 2. The van der Waals surface area contributed by atoms with Crippen LogP contribution in [0, 0.1) is 19.7 Å². The third-order valence-electron chi connectivity index (χ3n) is 5.91. The summed E-state index contributed by atoms with van der Waals surface area (Å²) in [5, 5.41) is 3.00. The Balaban J connectivity index is 1.94. The van der Waals surface area contributed by atoms with Crippen LogP contribution in [0.5, 0.6) is 5.75 Å². The molecule has 190 valence electrons. The first-order valence-electron chi connectivity index (χ1n) is 12.1. The van der Waals surface area contributed by atoms with Gasteiger partial charge in [-0.05, 0) is 69.5 Å². The van der Waals surface area contributed by atoms with Crippen molar-refractivity contribution >= 4 is 11.8 Å². The molecule has 0 aliphatic carbocycles. The van der Waals surface area contributed by atoms with E-state index in [2.05, 4.69) is 5.32 Å². The van der Waals surface area contributed by atoms with Crippen LogP contribution in [-0.2, 0) is 22.6 Å². The van der Waals surface area contributed by atoms with Gasteiger partial charge in [-0.3, -0.25) is 9.59 Å². The Kier molecular flexibility index (Phi) is 8.86. The van der Waals surface area contributed by atoms with Crippen molar-refractivity contribution in [3.63, 3.8) is 0 Å². The Morgan fingerprint density at radius 3 is 2.25 bits per heavy atom. The van der Waals surface area contributed by atoms with Crippen LogP contribution in [0.15, 0.2) is 72.8 Å². The quantitative estimate of drug-likeness (QED) is 0.438. The molecule has 0 unspecified atom stereocenters. The molecule has 5 nitrogen and oxygen atoms in total. The minimum absolute atomic E-state index is 0.0587. The third-order valence-corrected chi connectivity index (χ3v) is 5.91. The average Bonchev–Trinajstić information content (AvgIpc) is 2.82. The predicted octanol–water partition coefficient (Wildman–Crippen LogP) is 5.38. The third kappa shape index (κ3) is 7.67. The Bertz CT molecular complexity index is 1190. The van der Waals surface area contributed by atoms with E-state index in [4.69, 9.17) is 4.74 Å². The lowest BCUT2D eigenvalue weighted by Gasteiger charge is -2.33. The Morgan fingerprint density at radius 2 is 1.61 bits per heavy atom. The van der Waals surface area contributed by atoms with Gasteiger partial charge in [0.25, 0.3) is 5.91 Å². The van der Waals surface area contributed by atoms with Crippen molar-refractivity contribution in [2.75, 3.05) is 6.61 Å². The molecular weight excluding hydrogens is 455 g/mol. The van der Waals surface area contributed by atoms with E-state index in [9.17, 15) is 14.0 Å². The van der Waals surface area contributed by atoms with Gasteiger partial charge in [-0.25, -0.2) is 4.39 Å². The van der Waals surface area contributed by atoms with Crippen molar-refractivity contribution in [2.45, 2.75) is 59.2 Å². The lowest BCUT2D eigenvalue weighted by atomic mass is 10.0. The molecule has 6 heteroatoms. The Labute approximate surface area is 213 Å². The number of hydrogen-bond donors (Lipinski definition) is 1. The Morgan fingerprint density at radius 1 is 0.944 bits per heavy atom. The summed E-state index contributed by atoms with van der Waals surface area (Å²) in [7, 11) is 0. The number of carbonyl (C=O) groups excluding carboxylic acids is 2. The van der Waals surface area contributed by atoms with Gasteiger partial charge >= 0.3 is 0 Å². The number of aryl methyl sites for hydroxylation is 2. The number of carbonyl (C=O) groups is 2. The van der Waals surface area contributed by atoms with E-state index >= 15 is 0 Å². The molecule has 2 amide bonds. The second-order valence-corrected chi connectivity index (χ2v) is 10.1. The maximum absolute atomic E-state index is 14.6. The van der Waals surface area contributed by atoms with Gasteiger partial charge in [-0.2, -0.15) is 0 Å². The normalized spacial score (nSPS) is 12.1. The average molecular weight is 491 g/mol. The van der Waals surface area contributed by atoms with E-state index < -0.39 is 23.3 Å². The first-order valence-corrected chi connectivity index (χ1v) is 12.1. The second kappa shape index (κ2) is 11.8. The molecule has 1 N–H and O–H groups in total. The fourth-order valence-electron chi connectivity index (χ4n) is 3.85. The van der Waals surface area contributed by atoms with Crippen LogP contribution >= 0.6 is 0 Å². The highest BCUT2D eigenvalue weighted by Crippen LogP contribution is 2.20. The van der Waals surface area contributed by atoms with E-state index in [0.29, 0.717) is 11.3 Å². The second-order valence-electron chi connectivity index (χ2n) is 10.1. The van der Waals surface area contributed by atoms with Crippen LogP contribution in [0.1, 0.15) is 43.0 Å². The highest BCUT2D eigenvalue weighted by molar-refractivity contribution is 5.89. The molecule has 0 fully saturated rings. The molecule has 0 aliphatic heterocycles. The Hall–Kier alpha value is -3.67. The lowest BCUT2D eigenvalue weighted by molar-refractivity contribution is -0.143. The summed E-state index contributed by atoms with van der Waals surface area (Å²) in [5.41, 5.74) is 2.90. The van der Waals surface area contributed by atoms with Crippen molar-refractivity contribution in [3.8, 4) is 5.75 Å². The van der Waals surface area contributed by atoms with Crippen LogP contribution in [0.3, 0.4) is 0 Å². The minimum Gasteiger partial charge on any atom is -0.484 e. The van der Waals surface area contributed by atoms with E-state index in [1.54, 1.807) is 18.2 Å². The molecular formula is C30H35FN2O3. The number of rotatable bonds is 9. The molecule has 0 saturated carbocycles. The van der Waals surface area contributed by atoms with Gasteiger partial charge in [0.05, 0.1) is 0 Å². The molecule has 0 heterocycles. The number of nitrogens with one attached hydrogen (secondary N) is 1. The maximum Gasteiger partial charge on any atom is 0.261 e. The van der Waals surface area contributed by atoms with Gasteiger partial charge in [-0.15, -0.1) is 0 Å². The van der Waals surface area contributed by atoms with E-state index in [1.165, 1.54) is 11.0 Å². The van der Waals surface area contributed by atoms with E-state index in [-0.39, 0.29) is 25.5 Å². The highest BCUT2D eigenvalue weighted by Gasteiger charge is 2.33. The summed E-state index contributed by atoms with van der Waals surface area (Å²) >= 11 is 0. The van der Waals surface area contributed by atoms with Gasteiger partial charge in [0.1, 0.15) is 17.6 Å². The summed E-state index contributed by atoms with van der Waals surface area (Å²) in [6, 6.07) is 20.5. The van der Waals surface area contributed by atoms with Crippen molar-refractivity contribution < 1.29 is 18.7 Å². The van der Waals surface area contributed by atoms with Gasteiger partial charge in [0.15, 0.2) is 6.61 Å². The smallest absolute Gasteiger partial charge is 0.261 e. The molecule has 0 radical (unpaired) electrons. The van der Waals surface area contributed by atoms with Crippen LogP contribution in [0.2, 0.25) is 0 Å². The monoisotopic (exact) mass is 490 g/mol. The molecule has 3 aromatic carbocycles. The van der Waals surface area contributed by atoms with E-state index in [1.807, 2.05) is 83.1 Å². The minimum atomic E-state index is -0.859. The fraction of sp³-hybridized carbons (Fsp3) is 0.333. The van der Waals surface area contributed by atoms with Crippen LogP contribution < -0.4 is 10.1 Å². The van der Waals surface area contributed by atoms with Crippen LogP contribution in [-0.4, -0.2) is 34.9 Å². The summed E-state index contributed by atoms with van der Waals surface area (Å²) < 4.78 is 20.5. The number of hydrogen-bond acceptors (Lipinski definition) is 3. The molecule has 3 rings (SSSR count). The molecule has 1 atom stereocenters. The molecule has 0 spiro atoms. The topological polar surface area (TPSA) is 58.6 Å². The summed E-state index contributed by atoms with van der Waals surface area (Å²) in [6.45, 7) is 9.30. The van der Waals surface area contributed by atoms with Gasteiger partial charge in [0.2, 0.25) is 5.91 Å².